The first kappa shape index (κ1) is 18.6. The number of nitrogens with one attached hydrogen (secondary N) is 2. The Balaban J connectivity index is 1.65. The molecule has 2 aromatic carbocycles. The second kappa shape index (κ2) is 7.99. The molecule has 0 saturated heterocycles. The molecule has 2 N–H and O–H groups in total. The summed E-state index contributed by atoms with van der Waals surface area (Å²) < 4.78 is 0. The fourth-order valence-corrected chi connectivity index (χ4v) is 2.61. The van der Waals surface area contributed by atoms with Crippen LogP contribution in [-0.2, 0) is 0 Å². The summed E-state index contributed by atoms with van der Waals surface area (Å²) in [5, 5.41) is 6.02. The van der Waals surface area contributed by atoms with Crippen molar-refractivity contribution in [2.24, 2.45) is 0 Å². The molecule has 5 nitrogen and oxygen atoms in total. The highest BCUT2D eigenvalue weighted by Gasteiger charge is 2.09. The minimum atomic E-state index is -0.230. The second-order valence-electron chi connectivity index (χ2n) is 6.95. The summed E-state index contributed by atoms with van der Waals surface area (Å²) >= 11 is 0. The van der Waals surface area contributed by atoms with E-state index in [9.17, 15) is 4.79 Å². The molecular formula is C22H24N4O. The van der Waals surface area contributed by atoms with Gasteiger partial charge in [-0.05, 0) is 60.7 Å². The van der Waals surface area contributed by atoms with Crippen molar-refractivity contribution in [2.75, 3.05) is 10.6 Å². The van der Waals surface area contributed by atoms with E-state index in [1.807, 2.05) is 44.2 Å². The Morgan fingerprint density at radius 3 is 2.11 bits per heavy atom. The van der Waals surface area contributed by atoms with Crippen molar-refractivity contribution < 1.29 is 4.79 Å². The maximum atomic E-state index is 12.4. The summed E-state index contributed by atoms with van der Waals surface area (Å²) in [6, 6.07) is 14.0. The van der Waals surface area contributed by atoms with Crippen molar-refractivity contribution >= 4 is 23.2 Å². The summed E-state index contributed by atoms with van der Waals surface area (Å²) in [5.74, 6) is 0.714. The van der Waals surface area contributed by atoms with E-state index in [0.29, 0.717) is 17.4 Å². The SMILES string of the molecule is Cc1ccc(NC(=O)c2cnc(Nc3ccc(C(C)C)cc3)nc2)cc1C. The summed E-state index contributed by atoms with van der Waals surface area (Å²) in [4.78, 5) is 20.9. The molecule has 1 amide bonds. The number of carbonyl (C=O) groups excluding carboxylic acids is 1. The molecule has 5 heteroatoms. The topological polar surface area (TPSA) is 66.9 Å². The Kier molecular flexibility index (Phi) is 5.50. The number of amides is 1. The zero-order valence-corrected chi connectivity index (χ0v) is 16.1. The van der Waals surface area contributed by atoms with Crippen LogP contribution in [-0.4, -0.2) is 15.9 Å². The van der Waals surface area contributed by atoms with E-state index in [0.717, 1.165) is 16.9 Å². The average molecular weight is 360 g/mol. The average Bonchev–Trinajstić information content (AvgIpc) is 2.66. The monoisotopic (exact) mass is 360 g/mol. The fourth-order valence-electron chi connectivity index (χ4n) is 2.61. The van der Waals surface area contributed by atoms with Gasteiger partial charge in [-0.1, -0.05) is 32.0 Å². The Hall–Kier alpha value is -3.21. The molecule has 0 unspecified atom stereocenters. The van der Waals surface area contributed by atoms with Gasteiger partial charge in [0.1, 0.15) is 0 Å². The van der Waals surface area contributed by atoms with Crippen LogP contribution >= 0.6 is 0 Å². The normalized spacial score (nSPS) is 10.7. The third-order valence-electron chi connectivity index (χ3n) is 4.51. The molecule has 3 rings (SSSR count). The molecule has 0 spiro atoms. The fraction of sp³-hybridized carbons (Fsp3) is 0.227. The van der Waals surface area contributed by atoms with Gasteiger partial charge >= 0.3 is 0 Å². The van der Waals surface area contributed by atoms with Crippen LogP contribution in [0.3, 0.4) is 0 Å². The lowest BCUT2D eigenvalue weighted by Gasteiger charge is -2.09. The molecule has 138 valence electrons. The van der Waals surface area contributed by atoms with E-state index < -0.39 is 0 Å². The van der Waals surface area contributed by atoms with Gasteiger partial charge in [-0.25, -0.2) is 9.97 Å². The summed E-state index contributed by atoms with van der Waals surface area (Å²) in [5.41, 5.74) is 5.68. The highest BCUT2D eigenvalue weighted by molar-refractivity contribution is 6.03. The number of benzene rings is 2. The zero-order valence-electron chi connectivity index (χ0n) is 16.1. The van der Waals surface area contributed by atoms with Crippen molar-refractivity contribution in [1.29, 1.82) is 0 Å². The van der Waals surface area contributed by atoms with E-state index in [4.69, 9.17) is 0 Å². The molecule has 0 aliphatic heterocycles. The number of rotatable bonds is 5. The van der Waals surface area contributed by atoms with Gasteiger partial charge in [-0.15, -0.1) is 0 Å². The number of aryl methyl sites for hydroxylation is 2. The van der Waals surface area contributed by atoms with Gasteiger partial charge in [-0.3, -0.25) is 4.79 Å². The standard InChI is InChI=1S/C22H24N4O/c1-14(2)17-6-9-19(10-7-17)26-22-23-12-18(13-24-22)21(27)25-20-8-5-15(3)16(4)11-20/h5-14H,1-4H3,(H,25,27)(H,23,24,26). The first-order chi connectivity index (χ1) is 12.9. The maximum absolute atomic E-state index is 12.4. The van der Waals surface area contributed by atoms with Gasteiger partial charge < -0.3 is 10.6 Å². The predicted molar refractivity (Wildman–Crippen MR) is 110 cm³/mol. The van der Waals surface area contributed by atoms with Crippen molar-refractivity contribution in [2.45, 2.75) is 33.6 Å². The predicted octanol–water partition coefficient (Wildman–Crippen LogP) is 5.21. The van der Waals surface area contributed by atoms with Crippen LogP contribution in [0, 0.1) is 13.8 Å². The lowest BCUT2D eigenvalue weighted by molar-refractivity contribution is 0.102. The summed E-state index contributed by atoms with van der Waals surface area (Å²) in [6.45, 7) is 8.37. The number of carbonyl (C=O) groups is 1. The number of anilines is 3. The highest BCUT2D eigenvalue weighted by atomic mass is 16.1. The van der Waals surface area contributed by atoms with Crippen LogP contribution in [0.2, 0.25) is 0 Å². The summed E-state index contributed by atoms with van der Waals surface area (Å²) in [7, 11) is 0. The van der Waals surface area contributed by atoms with Gasteiger partial charge in [-0.2, -0.15) is 0 Å². The summed E-state index contributed by atoms with van der Waals surface area (Å²) in [6.07, 6.45) is 3.04. The molecule has 0 radical (unpaired) electrons. The minimum Gasteiger partial charge on any atom is -0.324 e. The van der Waals surface area contributed by atoms with E-state index in [1.165, 1.54) is 23.5 Å². The lowest BCUT2D eigenvalue weighted by Crippen LogP contribution is -2.13. The molecule has 0 bridgehead atoms. The van der Waals surface area contributed by atoms with Crippen LogP contribution in [0.15, 0.2) is 54.9 Å². The Bertz CT molecular complexity index is 932. The largest absolute Gasteiger partial charge is 0.324 e. The van der Waals surface area contributed by atoms with Crippen LogP contribution in [0.25, 0.3) is 0 Å². The van der Waals surface area contributed by atoms with Crippen LogP contribution < -0.4 is 10.6 Å². The lowest BCUT2D eigenvalue weighted by atomic mass is 10.0. The highest BCUT2D eigenvalue weighted by Crippen LogP contribution is 2.19. The van der Waals surface area contributed by atoms with Crippen LogP contribution in [0.1, 0.15) is 46.8 Å². The molecule has 0 fully saturated rings. The Morgan fingerprint density at radius 1 is 0.889 bits per heavy atom. The molecular weight excluding hydrogens is 336 g/mol. The van der Waals surface area contributed by atoms with Crippen LogP contribution in [0.5, 0.6) is 0 Å². The molecule has 0 aliphatic carbocycles. The molecule has 3 aromatic rings. The number of hydrogen-bond acceptors (Lipinski definition) is 4. The van der Waals surface area contributed by atoms with Crippen LogP contribution in [0.4, 0.5) is 17.3 Å². The van der Waals surface area contributed by atoms with Gasteiger partial charge in [0, 0.05) is 23.8 Å². The first-order valence-corrected chi connectivity index (χ1v) is 9.00. The number of nitrogens with zero attached hydrogens (tertiary/aromatic N) is 2. The van der Waals surface area contributed by atoms with Gasteiger partial charge in [0.25, 0.3) is 5.91 Å². The van der Waals surface area contributed by atoms with Crippen molar-refractivity contribution in [1.82, 2.24) is 9.97 Å². The Morgan fingerprint density at radius 2 is 1.52 bits per heavy atom. The zero-order chi connectivity index (χ0) is 19.4. The van der Waals surface area contributed by atoms with E-state index in [1.54, 1.807) is 0 Å². The van der Waals surface area contributed by atoms with Crippen molar-refractivity contribution in [3.8, 4) is 0 Å². The number of aromatic nitrogens is 2. The molecule has 0 atom stereocenters. The van der Waals surface area contributed by atoms with Crippen molar-refractivity contribution in [3.63, 3.8) is 0 Å². The molecule has 0 aliphatic rings. The molecule has 1 heterocycles. The molecule has 0 saturated carbocycles. The number of hydrogen-bond donors (Lipinski definition) is 2. The third-order valence-corrected chi connectivity index (χ3v) is 4.51. The van der Waals surface area contributed by atoms with Gasteiger partial charge in [0.05, 0.1) is 5.56 Å². The van der Waals surface area contributed by atoms with Gasteiger partial charge in [0.2, 0.25) is 5.95 Å². The Labute approximate surface area is 159 Å². The minimum absolute atomic E-state index is 0.230. The quantitative estimate of drug-likeness (QED) is 0.655. The van der Waals surface area contributed by atoms with E-state index >= 15 is 0 Å². The van der Waals surface area contributed by atoms with E-state index in [-0.39, 0.29) is 5.91 Å². The second-order valence-corrected chi connectivity index (χ2v) is 6.95. The first-order valence-electron chi connectivity index (χ1n) is 9.00. The smallest absolute Gasteiger partial charge is 0.258 e. The molecule has 1 aromatic heterocycles. The molecule has 27 heavy (non-hydrogen) atoms. The van der Waals surface area contributed by atoms with Crippen molar-refractivity contribution in [3.05, 3.63) is 77.1 Å². The maximum Gasteiger partial charge on any atom is 0.258 e. The third kappa shape index (κ3) is 4.70. The van der Waals surface area contributed by atoms with E-state index in [2.05, 4.69) is 46.6 Å². The van der Waals surface area contributed by atoms with Gasteiger partial charge in [0.15, 0.2) is 0 Å².